The molecule has 1 fully saturated rings. The molecule has 8 nitrogen and oxygen atoms in total. The van der Waals surface area contributed by atoms with Crippen LogP contribution in [0, 0.1) is 0 Å². The predicted molar refractivity (Wildman–Crippen MR) is 148 cm³/mol. The van der Waals surface area contributed by atoms with Crippen LogP contribution in [0.2, 0.25) is 18.1 Å². The summed E-state index contributed by atoms with van der Waals surface area (Å²) in [5.74, 6) is 0.339. The lowest BCUT2D eigenvalue weighted by molar-refractivity contribution is 0.0729. The van der Waals surface area contributed by atoms with Crippen molar-refractivity contribution in [3.8, 4) is 5.75 Å². The highest BCUT2D eigenvalue weighted by atomic mass is 28.4. The second kappa shape index (κ2) is 9.87. The first-order chi connectivity index (χ1) is 17.6. The van der Waals surface area contributed by atoms with Gasteiger partial charge in [0.05, 0.1) is 23.5 Å². The topological polar surface area (TPSA) is 90.6 Å². The van der Waals surface area contributed by atoms with Crippen molar-refractivity contribution >= 4 is 36.5 Å². The van der Waals surface area contributed by atoms with Crippen LogP contribution >= 0.6 is 0 Å². The summed E-state index contributed by atoms with van der Waals surface area (Å²) in [6.07, 6.45) is 10.8. The number of ether oxygens (including phenoxy) is 1. The molecule has 1 saturated carbocycles. The molecule has 4 aromatic rings. The summed E-state index contributed by atoms with van der Waals surface area (Å²) in [5, 5.41) is 8.40. The highest BCUT2D eigenvalue weighted by Gasteiger charge is 2.40. The zero-order valence-corrected chi connectivity index (χ0v) is 23.2. The summed E-state index contributed by atoms with van der Waals surface area (Å²) < 4.78 is 14.7. The lowest BCUT2D eigenvalue weighted by atomic mass is 9.95. The average Bonchev–Trinajstić information content (AvgIpc) is 3.29. The number of anilines is 1. The Morgan fingerprint density at radius 3 is 2.54 bits per heavy atom. The molecule has 0 saturated heterocycles. The Morgan fingerprint density at radius 1 is 1.05 bits per heavy atom. The van der Waals surface area contributed by atoms with Crippen LogP contribution in [-0.2, 0) is 4.43 Å². The summed E-state index contributed by atoms with van der Waals surface area (Å²) in [6, 6.07) is 9.46. The van der Waals surface area contributed by atoms with Crippen LogP contribution in [0.25, 0.3) is 16.6 Å². The molecule has 1 aromatic carbocycles. The molecule has 1 aliphatic rings. The number of benzene rings is 1. The number of aromatic nitrogens is 4. The highest BCUT2D eigenvalue weighted by molar-refractivity contribution is 6.74. The van der Waals surface area contributed by atoms with Gasteiger partial charge in [0.15, 0.2) is 14.0 Å². The van der Waals surface area contributed by atoms with E-state index in [-0.39, 0.29) is 23.2 Å². The number of pyridine rings is 1. The van der Waals surface area contributed by atoms with Crippen LogP contribution in [0.1, 0.15) is 56.8 Å². The number of amides is 1. The minimum atomic E-state index is -1.80. The van der Waals surface area contributed by atoms with Gasteiger partial charge in [-0.15, -0.1) is 0 Å². The van der Waals surface area contributed by atoms with Gasteiger partial charge in [-0.2, -0.15) is 5.10 Å². The number of hydrogen-bond donors (Lipinski definition) is 1. The van der Waals surface area contributed by atoms with Crippen LogP contribution in [0.3, 0.4) is 0 Å². The lowest BCUT2D eigenvalue weighted by Crippen LogP contribution is -2.45. The van der Waals surface area contributed by atoms with Gasteiger partial charge in [-0.25, -0.2) is 9.50 Å². The summed E-state index contributed by atoms with van der Waals surface area (Å²) in [5.41, 5.74) is 2.34. The predicted octanol–water partition coefficient (Wildman–Crippen LogP) is 6.24. The van der Waals surface area contributed by atoms with Crippen molar-refractivity contribution in [3.63, 3.8) is 0 Å². The van der Waals surface area contributed by atoms with E-state index >= 15 is 0 Å². The fourth-order valence-electron chi connectivity index (χ4n) is 4.51. The Morgan fingerprint density at radius 2 is 1.78 bits per heavy atom. The third-order valence-corrected chi connectivity index (χ3v) is 12.2. The van der Waals surface area contributed by atoms with Crippen LogP contribution in [0.15, 0.2) is 55.1 Å². The van der Waals surface area contributed by atoms with E-state index in [1.807, 2.05) is 24.3 Å². The van der Waals surface area contributed by atoms with E-state index < -0.39 is 8.32 Å². The maximum Gasteiger partial charge on any atom is 0.261 e. The molecule has 1 N–H and O–H groups in total. The molecule has 194 valence electrons. The van der Waals surface area contributed by atoms with E-state index in [1.54, 1.807) is 29.2 Å². The van der Waals surface area contributed by atoms with Crippen LogP contribution in [0.4, 0.5) is 5.69 Å². The van der Waals surface area contributed by atoms with Gasteiger partial charge in [-0.1, -0.05) is 26.8 Å². The van der Waals surface area contributed by atoms with Crippen molar-refractivity contribution in [2.75, 3.05) is 5.32 Å². The number of nitrogens with zero attached hydrogens (tertiary/aromatic N) is 4. The van der Waals surface area contributed by atoms with Gasteiger partial charge in [0.1, 0.15) is 11.3 Å². The summed E-state index contributed by atoms with van der Waals surface area (Å²) in [6.45, 7) is 11.5. The van der Waals surface area contributed by atoms with Crippen LogP contribution in [-0.4, -0.2) is 46.0 Å². The zero-order valence-electron chi connectivity index (χ0n) is 22.2. The molecule has 0 unspecified atom stereocenters. The Hall–Kier alpha value is -3.30. The van der Waals surface area contributed by atoms with E-state index in [4.69, 9.17) is 9.16 Å². The summed E-state index contributed by atoms with van der Waals surface area (Å²) in [7, 11) is -1.80. The number of carbonyl (C=O) groups excluding carboxylic acids is 1. The smallest absolute Gasteiger partial charge is 0.261 e. The maximum absolute atomic E-state index is 13.2. The van der Waals surface area contributed by atoms with E-state index in [1.165, 1.54) is 6.20 Å². The van der Waals surface area contributed by atoms with Gasteiger partial charge in [0, 0.05) is 36.1 Å². The largest absolute Gasteiger partial charge is 0.488 e. The van der Waals surface area contributed by atoms with E-state index in [0.29, 0.717) is 22.6 Å². The molecule has 0 bridgehead atoms. The number of hydrogen-bond acceptors (Lipinski definition) is 6. The fraction of sp³-hybridized carbons (Fsp3) is 0.429. The minimum absolute atomic E-state index is 0.0507. The third-order valence-electron chi connectivity index (χ3n) is 7.66. The zero-order chi connectivity index (χ0) is 26.2. The molecule has 9 heteroatoms. The first kappa shape index (κ1) is 25.4. The van der Waals surface area contributed by atoms with Gasteiger partial charge in [-0.05, 0) is 62.0 Å². The SMILES string of the molecule is CC(C)(C)[Si](C)(C)OC1CCC(Oc2cc3ncccc3cc2NC(=O)c2cnn3cccnc23)CC1. The van der Waals surface area contributed by atoms with E-state index in [9.17, 15) is 4.79 Å². The van der Waals surface area contributed by atoms with E-state index in [2.05, 4.69) is 54.2 Å². The molecule has 0 radical (unpaired) electrons. The average molecular weight is 518 g/mol. The monoisotopic (exact) mass is 517 g/mol. The molecule has 37 heavy (non-hydrogen) atoms. The second-order valence-electron chi connectivity index (χ2n) is 11.3. The highest BCUT2D eigenvalue weighted by Crippen LogP contribution is 2.40. The standard InChI is InChI=1S/C28H35N5O3Si/c1-28(2,3)37(4,5)36-21-11-9-20(10-12-21)35-25-17-23-19(8-6-13-29-23)16-24(25)32-27(34)22-18-31-33-15-7-14-30-26(22)33/h6-8,13-18,20-21H,9-12H2,1-5H3,(H,32,34). The molecule has 3 aromatic heterocycles. The van der Waals surface area contributed by atoms with Gasteiger partial charge in [0.25, 0.3) is 5.91 Å². The van der Waals surface area contributed by atoms with Crippen LogP contribution < -0.4 is 10.1 Å². The first-order valence-corrected chi connectivity index (χ1v) is 15.8. The number of fused-ring (bicyclic) bond motifs is 2. The normalized spacial score (nSPS) is 18.7. The van der Waals surface area contributed by atoms with Gasteiger partial charge >= 0.3 is 0 Å². The number of nitrogens with one attached hydrogen (secondary N) is 1. The van der Waals surface area contributed by atoms with Crippen molar-refractivity contribution < 1.29 is 14.0 Å². The number of carbonyl (C=O) groups is 1. The molecular weight excluding hydrogens is 482 g/mol. The van der Waals surface area contributed by atoms with Crippen molar-refractivity contribution in [1.82, 2.24) is 19.6 Å². The first-order valence-electron chi connectivity index (χ1n) is 12.9. The third kappa shape index (κ3) is 5.38. The Bertz CT molecular complexity index is 1420. The molecule has 3 heterocycles. The van der Waals surface area contributed by atoms with Gasteiger partial charge in [-0.3, -0.25) is 9.78 Å². The van der Waals surface area contributed by atoms with Crippen molar-refractivity contribution in [3.05, 3.63) is 60.7 Å². The summed E-state index contributed by atoms with van der Waals surface area (Å²) in [4.78, 5) is 22.0. The molecule has 1 aliphatic carbocycles. The second-order valence-corrected chi connectivity index (χ2v) is 16.1. The van der Waals surface area contributed by atoms with Crippen molar-refractivity contribution in [2.24, 2.45) is 0 Å². The molecular formula is C28H35N5O3Si. The van der Waals surface area contributed by atoms with E-state index in [0.717, 1.165) is 36.6 Å². The lowest BCUT2D eigenvalue weighted by Gasteiger charge is -2.41. The van der Waals surface area contributed by atoms with Gasteiger partial charge < -0.3 is 14.5 Å². The Balaban J connectivity index is 1.34. The van der Waals surface area contributed by atoms with Gasteiger partial charge in [0.2, 0.25) is 0 Å². The minimum Gasteiger partial charge on any atom is -0.488 e. The van der Waals surface area contributed by atoms with Crippen LogP contribution in [0.5, 0.6) is 5.75 Å². The fourth-order valence-corrected chi connectivity index (χ4v) is 5.94. The molecule has 0 spiro atoms. The molecule has 5 rings (SSSR count). The summed E-state index contributed by atoms with van der Waals surface area (Å²) >= 11 is 0. The molecule has 0 atom stereocenters. The van der Waals surface area contributed by atoms with Crippen molar-refractivity contribution in [1.29, 1.82) is 0 Å². The maximum atomic E-state index is 13.2. The molecule has 1 amide bonds. The van der Waals surface area contributed by atoms with Crippen molar-refractivity contribution in [2.45, 2.75) is 76.8 Å². The molecule has 0 aliphatic heterocycles. The Kier molecular flexibility index (Phi) is 6.76. The number of rotatable bonds is 6. The Labute approximate surface area is 218 Å². The quantitative estimate of drug-likeness (QED) is 0.304.